The maximum absolute atomic E-state index is 12.6. The zero-order valence-electron chi connectivity index (χ0n) is 14.6. The van der Waals surface area contributed by atoms with Crippen molar-refractivity contribution in [3.63, 3.8) is 0 Å². The van der Waals surface area contributed by atoms with Crippen molar-refractivity contribution in [3.05, 3.63) is 35.4 Å². The Balaban J connectivity index is 3.00. The van der Waals surface area contributed by atoms with Crippen molar-refractivity contribution >= 4 is 7.60 Å². The molecule has 0 fully saturated rings. The standard InChI is InChI=1S/C18H27O3P/c1-14(2)20-22(19,21-15(3)4)13-12-16-8-10-17(11-9-16)18(5,6)7/h8-11,14-15H,1-7H3. The lowest BCUT2D eigenvalue weighted by Crippen LogP contribution is -2.10. The van der Waals surface area contributed by atoms with Gasteiger partial charge in [0, 0.05) is 11.2 Å². The van der Waals surface area contributed by atoms with Crippen LogP contribution in [0.15, 0.2) is 24.3 Å². The van der Waals surface area contributed by atoms with E-state index in [9.17, 15) is 4.57 Å². The van der Waals surface area contributed by atoms with Gasteiger partial charge in [-0.15, -0.1) is 0 Å². The molecule has 0 N–H and O–H groups in total. The van der Waals surface area contributed by atoms with Crippen LogP contribution < -0.4 is 0 Å². The molecule has 1 aromatic rings. The van der Waals surface area contributed by atoms with Crippen LogP contribution in [0.5, 0.6) is 0 Å². The van der Waals surface area contributed by atoms with Crippen molar-refractivity contribution in [2.24, 2.45) is 0 Å². The monoisotopic (exact) mass is 322 g/mol. The number of hydrogen-bond acceptors (Lipinski definition) is 3. The van der Waals surface area contributed by atoms with E-state index in [4.69, 9.17) is 9.05 Å². The van der Waals surface area contributed by atoms with E-state index >= 15 is 0 Å². The molecule has 0 unspecified atom stereocenters. The van der Waals surface area contributed by atoms with E-state index in [1.54, 1.807) is 0 Å². The van der Waals surface area contributed by atoms with Gasteiger partial charge in [0.25, 0.3) is 0 Å². The van der Waals surface area contributed by atoms with Crippen LogP contribution in [0.4, 0.5) is 0 Å². The van der Waals surface area contributed by atoms with E-state index in [1.807, 2.05) is 52.0 Å². The van der Waals surface area contributed by atoms with Gasteiger partial charge in [-0.25, -0.2) is 4.57 Å². The first-order valence-electron chi connectivity index (χ1n) is 7.62. The molecule has 0 saturated heterocycles. The summed E-state index contributed by atoms with van der Waals surface area (Å²) in [6.45, 7) is 13.7. The summed E-state index contributed by atoms with van der Waals surface area (Å²) in [6.07, 6.45) is -0.413. The van der Waals surface area contributed by atoms with Gasteiger partial charge in [-0.3, -0.25) is 9.05 Å². The van der Waals surface area contributed by atoms with Crippen LogP contribution in [0.2, 0.25) is 0 Å². The molecule has 0 aromatic heterocycles. The van der Waals surface area contributed by atoms with Gasteiger partial charge < -0.3 is 0 Å². The van der Waals surface area contributed by atoms with Crippen LogP contribution in [0.1, 0.15) is 59.6 Å². The van der Waals surface area contributed by atoms with Crippen molar-refractivity contribution in [1.82, 2.24) is 0 Å². The van der Waals surface area contributed by atoms with E-state index in [1.165, 1.54) is 5.56 Å². The summed E-state index contributed by atoms with van der Waals surface area (Å²) in [5.74, 6) is 2.91. The van der Waals surface area contributed by atoms with Gasteiger partial charge in [0.05, 0.1) is 12.2 Å². The minimum absolute atomic E-state index is 0.1000. The Bertz CT molecular complexity index is 569. The van der Waals surface area contributed by atoms with Crippen molar-refractivity contribution in [2.75, 3.05) is 0 Å². The lowest BCUT2D eigenvalue weighted by Gasteiger charge is -2.19. The smallest absolute Gasteiger partial charge is 0.297 e. The predicted octanol–water partition coefficient (Wildman–Crippen LogP) is 5.34. The molecular formula is C18H27O3P. The molecule has 0 heterocycles. The molecule has 0 saturated carbocycles. The van der Waals surface area contributed by atoms with Crippen LogP contribution in [-0.2, 0) is 19.0 Å². The van der Waals surface area contributed by atoms with Crippen LogP contribution in [-0.4, -0.2) is 12.2 Å². The molecule has 1 rings (SSSR count). The maximum Gasteiger partial charge on any atom is 0.406 e. The van der Waals surface area contributed by atoms with Crippen LogP contribution in [0.3, 0.4) is 0 Å². The van der Waals surface area contributed by atoms with E-state index in [-0.39, 0.29) is 17.6 Å². The van der Waals surface area contributed by atoms with E-state index in [0.717, 1.165) is 5.56 Å². The fraction of sp³-hybridized carbons (Fsp3) is 0.556. The second kappa shape index (κ2) is 7.47. The average Bonchev–Trinajstić information content (AvgIpc) is 2.34. The molecular weight excluding hydrogens is 295 g/mol. The second-order valence-electron chi connectivity index (χ2n) is 6.87. The average molecular weight is 322 g/mol. The summed E-state index contributed by atoms with van der Waals surface area (Å²) < 4.78 is 23.4. The zero-order valence-corrected chi connectivity index (χ0v) is 15.5. The molecule has 0 aliphatic heterocycles. The molecule has 1 aromatic carbocycles. The van der Waals surface area contributed by atoms with Gasteiger partial charge >= 0.3 is 7.60 Å². The van der Waals surface area contributed by atoms with Crippen molar-refractivity contribution in [2.45, 2.75) is 66.1 Å². The Morgan fingerprint density at radius 1 is 0.955 bits per heavy atom. The third-order valence-corrected chi connectivity index (χ3v) is 4.57. The normalized spacial score (nSPS) is 12.4. The molecule has 3 nitrogen and oxygen atoms in total. The third kappa shape index (κ3) is 6.36. The van der Waals surface area contributed by atoms with E-state index < -0.39 is 7.60 Å². The largest absolute Gasteiger partial charge is 0.406 e. The Morgan fingerprint density at radius 3 is 1.77 bits per heavy atom. The summed E-state index contributed by atoms with van der Waals surface area (Å²) in [5, 5.41) is 0. The highest BCUT2D eigenvalue weighted by Gasteiger charge is 2.25. The summed E-state index contributed by atoms with van der Waals surface area (Å²) in [6, 6.07) is 7.95. The Kier molecular flexibility index (Phi) is 6.44. The summed E-state index contributed by atoms with van der Waals surface area (Å²) in [4.78, 5) is 0. The molecule has 0 atom stereocenters. The van der Waals surface area contributed by atoms with Gasteiger partial charge in [0.2, 0.25) is 0 Å². The van der Waals surface area contributed by atoms with Gasteiger partial charge in [0.15, 0.2) is 0 Å². The summed E-state index contributed by atoms with van der Waals surface area (Å²) in [7, 11) is -3.40. The fourth-order valence-electron chi connectivity index (χ4n) is 1.82. The summed E-state index contributed by atoms with van der Waals surface area (Å²) >= 11 is 0. The number of rotatable bonds is 4. The van der Waals surface area contributed by atoms with Crippen molar-refractivity contribution in [1.29, 1.82) is 0 Å². The van der Waals surface area contributed by atoms with Gasteiger partial charge in [0.1, 0.15) is 0 Å². The lowest BCUT2D eigenvalue weighted by atomic mass is 9.87. The van der Waals surface area contributed by atoms with Crippen LogP contribution >= 0.6 is 7.60 Å². The molecule has 122 valence electrons. The first-order chi connectivity index (χ1) is 10.0. The number of hydrogen-bond donors (Lipinski definition) is 0. The third-order valence-electron chi connectivity index (χ3n) is 2.79. The van der Waals surface area contributed by atoms with Gasteiger partial charge in [-0.2, -0.15) is 0 Å². The van der Waals surface area contributed by atoms with Gasteiger partial charge in [-0.1, -0.05) is 38.8 Å². The molecule has 4 heteroatoms. The highest BCUT2D eigenvalue weighted by atomic mass is 31.2. The van der Waals surface area contributed by atoms with Gasteiger partial charge in [-0.05, 0) is 50.8 Å². The quantitative estimate of drug-likeness (QED) is 0.555. The Labute approximate surface area is 134 Å². The molecule has 0 bridgehead atoms. The fourth-order valence-corrected chi connectivity index (χ4v) is 3.35. The Morgan fingerprint density at radius 2 is 1.41 bits per heavy atom. The topological polar surface area (TPSA) is 35.5 Å². The molecule has 0 radical (unpaired) electrons. The summed E-state index contributed by atoms with van der Waals surface area (Å²) in [5.41, 5.74) is 4.83. The molecule has 0 amide bonds. The molecule has 0 spiro atoms. The van der Waals surface area contributed by atoms with E-state index in [2.05, 4.69) is 32.4 Å². The minimum atomic E-state index is -3.40. The van der Waals surface area contributed by atoms with E-state index in [0.29, 0.717) is 0 Å². The first-order valence-corrected chi connectivity index (χ1v) is 9.17. The molecule has 22 heavy (non-hydrogen) atoms. The number of benzene rings is 1. The zero-order chi connectivity index (χ0) is 17.0. The molecule has 0 aliphatic rings. The predicted molar refractivity (Wildman–Crippen MR) is 92.1 cm³/mol. The van der Waals surface area contributed by atoms with Crippen LogP contribution in [0, 0.1) is 11.6 Å². The highest BCUT2D eigenvalue weighted by Crippen LogP contribution is 2.49. The SMILES string of the molecule is CC(C)OP(=O)(C#Cc1ccc(C(C)(C)C)cc1)OC(C)C. The Hall–Kier alpha value is -1.07. The minimum Gasteiger partial charge on any atom is -0.297 e. The molecule has 0 aliphatic carbocycles. The first kappa shape index (κ1) is 19.0. The van der Waals surface area contributed by atoms with Crippen LogP contribution in [0.25, 0.3) is 0 Å². The highest BCUT2D eigenvalue weighted by molar-refractivity contribution is 7.59. The maximum atomic E-state index is 12.6. The van der Waals surface area contributed by atoms with Crippen molar-refractivity contribution < 1.29 is 13.6 Å². The second-order valence-corrected chi connectivity index (χ2v) is 8.51. The van der Waals surface area contributed by atoms with Crippen molar-refractivity contribution in [3.8, 4) is 11.6 Å². The lowest BCUT2D eigenvalue weighted by molar-refractivity contribution is 0.151.